The Balaban J connectivity index is -0.000000945. The van der Waals surface area contributed by atoms with E-state index in [1.807, 2.05) is 55.4 Å². The lowest BCUT2D eigenvalue weighted by Gasteiger charge is -2.36. The van der Waals surface area contributed by atoms with E-state index < -0.39 is 0 Å². The van der Waals surface area contributed by atoms with Crippen molar-refractivity contribution in [2.45, 2.75) is 128 Å². The first-order chi connectivity index (χ1) is 15.5. The molecule has 0 saturated heterocycles. The molecule has 2 aromatic carbocycles. The summed E-state index contributed by atoms with van der Waals surface area (Å²) in [4.78, 5) is 0. The zero-order valence-electron chi connectivity index (χ0n) is 24.2. The molecular formula is C32H58. The summed E-state index contributed by atoms with van der Waals surface area (Å²) >= 11 is 0. The molecule has 0 aliphatic carbocycles. The van der Waals surface area contributed by atoms with Crippen LogP contribution in [0, 0.1) is 19.3 Å². The van der Waals surface area contributed by atoms with Crippen LogP contribution in [0.25, 0.3) is 0 Å². The molecule has 0 bridgehead atoms. The minimum atomic E-state index is 0.451. The van der Waals surface area contributed by atoms with E-state index in [-0.39, 0.29) is 0 Å². The van der Waals surface area contributed by atoms with Crippen molar-refractivity contribution in [3.63, 3.8) is 0 Å². The zero-order chi connectivity index (χ0) is 25.6. The summed E-state index contributed by atoms with van der Waals surface area (Å²) in [6, 6.07) is 18.1. The second kappa shape index (κ2) is 22.6. The number of hydrogen-bond donors (Lipinski definition) is 0. The lowest BCUT2D eigenvalue weighted by Crippen LogP contribution is -2.23. The third-order valence-corrected chi connectivity index (χ3v) is 5.92. The highest BCUT2D eigenvalue weighted by molar-refractivity contribution is 5.39. The number of aryl methyl sites for hydroxylation is 2. The predicted molar refractivity (Wildman–Crippen MR) is 152 cm³/mol. The molecule has 0 amide bonds. The summed E-state index contributed by atoms with van der Waals surface area (Å²) in [5.74, 6) is 0.498. The Morgan fingerprint density at radius 1 is 0.688 bits per heavy atom. The minimum Gasteiger partial charge on any atom is -0.0683 e. The van der Waals surface area contributed by atoms with Crippen LogP contribution in [0.5, 0.6) is 0 Å². The first-order valence-electron chi connectivity index (χ1n) is 13.7. The van der Waals surface area contributed by atoms with E-state index in [9.17, 15) is 0 Å². The van der Waals surface area contributed by atoms with Gasteiger partial charge in [0.2, 0.25) is 0 Å². The molecule has 32 heavy (non-hydrogen) atoms. The molecule has 0 aromatic heterocycles. The van der Waals surface area contributed by atoms with Gasteiger partial charge in [0, 0.05) is 5.92 Å². The van der Waals surface area contributed by atoms with Crippen molar-refractivity contribution < 1.29 is 0 Å². The normalized spacial score (nSPS) is 10.5. The molecule has 0 nitrogen and oxygen atoms in total. The van der Waals surface area contributed by atoms with Gasteiger partial charge >= 0.3 is 0 Å². The maximum absolute atomic E-state index is 2.38. The summed E-state index contributed by atoms with van der Waals surface area (Å²) in [6.07, 6.45) is 6.39. The van der Waals surface area contributed by atoms with Gasteiger partial charge in [0.05, 0.1) is 0 Å². The quantitative estimate of drug-likeness (QED) is 0.381. The van der Waals surface area contributed by atoms with Crippen LogP contribution in [0.3, 0.4) is 0 Å². The van der Waals surface area contributed by atoms with Crippen LogP contribution in [-0.2, 0) is 0 Å². The molecule has 2 rings (SSSR count). The SMILES string of the molecule is CC.CC.CC.CC.CCCC(CC)(CC)C[C@H](c1ccccc1)c1ccc(C)cc1C. The molecule has 0 heterocycles. The van der Waals surface area contributed by atoms with E-state index in [1.54, 1.807) is 0 Å². The van der Waals surface area contributed by atoms with Crippen molar-refractivity contribution in [3.05, 3.63) is 70.8 Å². The summed E-state index contributed by atoms with van der Waals surface area (Å²) in [6.45, 7) is 27.5. The molecule has 2 aromatic rings. The molecular weight excluding hydrogens is 384 g/mol. The molecule has 0 spiro atoms. The van der Waals surface area contributed by atoms with Crippen molar-refractivity contribution in [1.82, 2.24) is 0 Å². The van der Waals surface area contributed by atoms with Gasteiger partial charge in [-0.15, -0.1) is 0 Å². The largest absolute Gasteiger partial charge is 0.0683 e. The first kappa shape index (κ1) is 35.0. The number of benzene rings is 2. The lowest BCUT2D eigenvalue weighted by molar-refractivity contribution is 0.206. The van der Waals surface area contributed by atoms with Crippen LogP contribution in [0.1, 0.15) is 136 Å². The van der Waals surface area contributed by atoms with Crippen molar-refractivity contribution >= 4 is 0 Å². The number of rotatable bonds is 8. The Labute approximate surface area is 204 Å². The Kier molecular flexibility index (Phi) is 24.8. The highest BCUT2D eigenvalue weighted by atomic mass is 14.3. The topological polar surface area (TPSA) is 0 Å². The summed E-state index contributed by atoms with van der Waals surface area (Å²) < 4.78 is 0. The molecule has 0 fully saturated rings. The van der Waals surface area contributed by atoms with Crippen molar-refractivity contribution in [2.24, 2.45) is 5.41 Å². The van der Waals surface area contributed by atoms with Crippen molar-refractivity contribution in [2.75, 3.05) is 0 Å². The standard InChI is InChI=1S/C24H34.4C2H6/c1-6-16-24(7-2,8-3)18-23(21-12-10-9-11-13-21)22-15-14-19(4)17-20(22)5;4*1-2/h9-15,17,23H,6-8,16,18H2,1-5H3;4*1-2H3/t23-;;;;/m1..../s1. The van der Waals surface area contributed by atoms with E-state index in [4.69, 9.17) is 0 Å². The fraction of sp³-hybridized carbons (Fsp3) is 0.625. The Bertz CT molecular complexity index is 620. The van der Waals surface area contributed by atoms with Gasteiger partial charge in [0.15, 0.2) is 0 Å². The van der Waals surface area contributed by atoms with Gasteiger partial charge in [0.1, 0.15) is 0 Å². The third-order valence-electron chi connectivity index (χ3n) is 5.92. The van der Waals surface area contributed by atoms with Gasteiger partial charge in [-0.05, 0) is 48.8 Å². The fourth-order valence-corrected chi connectivity index (χ4v) is 4.27. The van der Waals surface area contributed by atoms with E-state index in [1.165, 1.54) is 54.4 Å². The van der Waals surface area contributed by atoms with Crippen LogP contribution >= 0.6 is 0 Å². The Morgan fingerprint density at radius 2 is 1.19 bits per heavy atom. The van der Waals surface area contributed by atoms with Crippen molar-refractivity contribution in [3.8, 4) is 0 Å². The van der Waals surface area contributed by atoms with Crippen LogP contribution in [0.2, 0.25) is 0 Å². The van der Waals surface area contributed by atoms with Crippen LogP contribution in [0.4, 0.5) is 0 Å². The Hall–Kier alpha value is -1.56. The monoisotopic (exact) mass is 442 g/mol. The smallest absolute Gasteiger partial charge is 0.00972 e. The van der Waals surface area contributed by atoms with Gasteiger partial charge in [-0.3, -0.25) is 0 Å². The third kappa shape index (κ3) is 11.9. The van der Waals surface area contributed by atoms with E-state index in [0.717, 1.165) is 0 Å². The highest BCUT2D eigenvalue weighted by Crippen LogP contribution is 2.44. The van der Waals surface area contributed by atoms with E-state index in [0.29, 0.717) is 11.3 Å². The number of hydrogen-bond acceptors (Lipinski definition) is 0. The predicted octanol–water partition coefficient (Wildman–Crippen LogP) is 11.5. The van der Waals surface area contributed by atoms with Crippen LogP contribution in [-0.4, -0.2) is 0 Å². The zero-order valence-corrected chi connectivity index (χ0v) is 24.2. The molecule has 0 radical (unpaired) electrons. The van der Waals surface area contributed by atoms with Gasteiger partial charge in [-0.2, -0.15) is 0 Å². The molecule has 186 valence electrons. The minimum absolute atomic E-state index is 0.451. The molecule has 0 aliphatic rings. The second-order valence-corrected chi connectivity index (χ2v) is 7.48. The molecule has 0 unspecified atom stereocenters. The Morgan fingerprint density at radius 3 is 1.59 bits per heavy atom. The van der Waals surface area contributed by atoms with Crippen molar-refractivity contribution in [1.29, 1.82) is 0 Å². The van der Waals surface area contributed by atoms with Crippen LogP contribution in [0.15, 0.2) is 48.5 Å². The van der Waals surface area contributed by atoms with Gasteiger partial charge < -0.3 is 0 Å². The van der Waals surface area contributed by atoms with Gasteiger partial charge in [0.25, 0.3) is 0 Å². The summed E-state index contributed by atoms with van der Waals surface area (Å²) in [5, 5.41) is 0. The average Bonchev–Trinajstić information content (AvgIpc) is 2.88. The molecule has 0 N–H and O–H groups in total. The summed E-state index contributed by atoms with van der Waals surface area (Å²) in [5.41, 5.74) is 6.21. The first-order valence-corrected chi connectivity index (χ1v) is 13.7. The van der Waals surface area contributed by atoms with Crippen LogP contribution < -0.4 is 0 Å². The molecule has 0 aliphatic heterocycles. The van der Waals surface area contributed by atoms with Gasteiger partial charge in [-0.25, -0.2) is 0 Å². The molecule has 1 atom stereocenters. The molecule has 0 saturated carbocycles. The second-order valence-electron chi connectivity index (χ2n) is 7.48. The van der Waals surface area contributed by atoms with Gasteiger partial charge in [-0.1, -0.05) is 150 Å². The maximum Gasteiger partial charge on any atom is 0.00972 e. The van der Waals surface area contributed by atoms with E-state index >= 15 is 0 Å². The fourth-order valence-electron chi connectivity index (χ4n) is 4.27. The lowest BCUT2D eigenvalue weighted by atomic mass is 9.68. The maximum atomic E-state index is 2.38. The highest BCUT2D eigenvalue weighted by Gasteiger charge is 2.30. The average molecular weight is 443 g/mol. The molecule has 0 heteroatoms. The van der Waals surface area contributed by atoms with E-state index in [2.05, 4.69) is 83.1 Å². The summed E-state index contributed by atoms with van der Waals surface area (Å²) in [7, 11) is 0.